The van der Waals surface area contributed by atoms with Crippen molar-refractivity contribution in [3.63, 3.8) is 0 Å². The molecule has 1 rings (SSSR count). The van der Waals surface area contributed by atoms with Gasteiger partial charge in [-0.1, -0.05) is 13.8 Å². The van der Waals surface area contributed by atoms with Crippen LogP contribution in [0.3, 0.4) is 0 Å². The number of rotatable bonds is 4. The summed E-state index contributed by atoms with van der Waals surface area (Å²) in [4.78, 5) is 0. The summed E-state index contributed by atoms with van der Waals surface area (Å²) in [6.07, 6.45) is 0. The molecule has 0 unspecified atom stereocenters. The first-order chi connectivity index (χ1) is 6.11. The molecule has 13 heavy (non-hydrogen) atoms. The van der Waals surface area contributed by atoms with E-state index in [0.717, 1.165) is 19.0 Å². The molecule has 0 bridgehead atoms. The lowest BCUT2D eigenvalue weighted by molar-refractivity contribution is 0.541. The first kappa shape index (κ1) is 10.3. The van der Waals surface area contributed by atoms with E-state index < -0.39 is 0 Å². The molecule has 0 aromatic carbocycles. The zero-order valence-electron chi connectivity index (χ0n) is 9.09. The number of nitrogens with one attached hydrogen (secondary N) is 1. The molecule has 0 saturated heterocycles. The quantitative estimate of drug-likeness (QED) is 0.750. The molecule has 2 nitrogen and oxygen atoms in total. The van der Waals surface area contributed by atoms with Gasteiger partial charge in [0.1, 0.15) is 0 Å². The normalized spacial score (nSPS) is 11.2. The fraction of sp³-hybridized carbons (Fsp3) is 0.636. The zero-order valence-corrected chi connectivity index (χ0v) is 9.09. The molecule has 1 heterocycles. The minimum absolute atomic E-state index is 0.723. The Morgan fingerprint density at radius 3 is 2.54 bits per heavy atom. The van der Waals surface area contributed by atoms with Crippen LogP contribution in [0, 0.1) is 12.8 Å². The fourth-order valence-corrected chi connectivity index (χ4v) is 1.33. The Hall–Kier alpha value is -0.760. The second-order valence-electron chi connectivity index (χ2n) is 4.05. The molecule has 0 saturated carbocycles. The van der Waals surface area contributed by atoms with Crippen LogP contribution < -0.4 is 5.32 Å². The molecule has 74 valence electrons. The first-order valence-electron chi connectivity index (χ1n) is 4.93. The van der Waals surface area contributed by atoms with Crippen molar-refractivity contribution in [3.8, 4) is 0 Å². The van der Waals surface area contributed by atoms with Crippen LogP contribution in [-0.4, -0.2) is 11.1 Å². The number of aryl methyl sites for hydroxylation is 1. The topological polar surface area (TPSA) is 17.0 Å². The molecule has 1 aromatic rings. The van der Waals surface area contributed by atoms with Crippen LogP contribution in [0.2, 0.25) is 0 Å². The van der Waals surface area contributed by atoms with E-state index >= 15 is 0 Å². The second kappa shape index (κ2) is 4.47. The van der Waals surface area contributed by atoms with Gasteiger partial charge < -0.3 is 9.88 Å². The van der Waals surface area contributed by atoms with Crippen molar-refractivity contribution >= 4 is 0 Å². The molecule has 1 N–H and O–H groups in total. The van der Waals surface area contributed by atoms with E-state index in [1.807, 2.05) is 0 Å². The summed E-state index contributed by atoms with van der Waals surface area (Å²) in [5.74, 6) is 0.723. The third-order valence-corrected chi connectivity index (χ3v) is 2.34. The van der Waals surface area contributed by atoms with Crippen molar-refractivity contribution < 1.29 is 0 Å². The van der Waals surface area contributed by atoms with Crippen LogP contribution in [0.1, 0.15) is 25.2 Å². The largest absolute Gasteiger partial charge is 0.351 e. The molecule has 0 fully saturated rings. The third-order valence-electron chi connectivity index (χ3n) is 2.34. The molecule has 0 aliphatic heterocycles. The van der Waals surface area contributed by atoms with Gasteiger partial charge in [-0.15, -0.1) is 0 Å². The smallest absolute Gasteiger partial charge is 0.0359 e. The van der Waals surface area contributed by atoms with Crippen molar-refractivity contribution in [1.82, 2.24) is 9.88 Å². The first-order valence-corrected chi connectivity index (χ1v) is 4.93. The summed E-state index contributed by atoms with van der Waals surface area (Å²) in [5.41, 5.74) is 2.68. The summed E-state index contributed by atoms with van der Waals surface area (Å²) < 4.78 is 2.23. The lowest BCUT2D eigenvalue weighted by atomic mass is 10.2. The van der Waals surface area contributed by atoms with Gasteiger partial charge in [-0.3, -0.25) is 0 Å². The summed E-state index contributed by atoms with van der Waals surface area (Å²) >= 11 is 0. The van der Waals surface area contributed by atoms with Gasteiger partial charge in [0.25, 0.3) is 0 Å². The van der Waals surface area contributed by atoms with Gasteiger partial charge in [-0.05, 0) is 31.5 Å². The highest BCUT2D eigenvalue weighted by molar-refractivity contribution is 5.14. The number of hydrogen-bond donors (Lipinski definition) is 1. The van der Waals surface area contributed by atoms with Crippen LogP contribution in [-0.2, 0) is 13.6 Å². The summed E-state index contributed by atoms with van der Waals surface area (Å²) in [7, 11) is 2.11. The Balaban J connectivity index is 2.41. The molecule has 0 spiro atoms. The minimum atomic E-state index is 0.723. The van der Waals surface area contributed by atoms with Crippen LogP contribution in [0.4, 0.5) is 0 Å². The molecular weight excluding hydrogens is 160 g/mol. The maximum atomic E-state index is 3.43. The number of aromatic nitrogens is 1. The van der Waals surface area contributed by atoms with Crippen molar-refractivity contribution in [1.29, 1.82) is 0 Å². The standard InChI is InChI=1S/C11H20N2/c1-9(2)7-12-8-11-6-5-10(3)13(11)4/h5-6,9,12H,7-8H2,1-4H3. The number of nitrogens with zero attached hydrogens (tertiary/aromatic N) is 1. The Morgan fingerprint density at radius 1 is 1.38 bits per heavy atom. The molecular formula is C11H20N2. The summed E-state index contributed by atoms with van der Waals surface area (Å²) in [6.45, 7) is 8.64. The van der Waals surface area contributed by atoms with E-state index in [-0.39, 0.29) is 0 Å². The number of hydrogen-bond acceptors (Lipinski definition) is 1. The van der Waals surface area contributed by atoms with Gasteiger partial charge >= 0.3 is 0 Å². The maximum Gasteiger partial charge on any atom is 0.0359 e. The lowest BCUT2D eigenvalue weighted by Gasteiger charge is -2.08. The highest BCUT2D eigenvalue weighted by Crippen LogP contribution is 2.05. The average Bonchev–Trinajstić information content (AvgIpc) is 2.35. The summed E-state index contributed by atoms with van der Waals surface area (Å²) in [6, 6.07) is 4.34. The molecule has 0 amide bonds. The molecule has 0 aliphatic carbocycles. The van der Waals surface area contributed by atoms with Gasteiger partial charge in [0.05, 0.1) is 0 Å². The van der Waals surface area contributed by atoms with Crippen molar-refractivity contribution in [2.45, 2.75) is 27.3 Å². The highest BCUT2D eigenvalue weighted by Gasteiger charge is 2.00. The monoisotopic (exact) mass is 180 g/mol. The molecule has 0 aliphatic rings. The minimum Gasteiger partial charge on any atom is -0.351 e. The van der Waals surface area contributed by atoms with E-state index in [1.165, 1.54) is 11.4 Å². The van der Waals surface area contributed by atoms with Crippen LogP contribution >= 0.6 is 0 Å². The van der Waals surface area contributed by atoms with Crippen LogP contribution in [0.15, 0.2) is 12.1 Å². The highest BCUT2D eigenvalue weighted by atomic mass is 15.0. The summed E-state index contributed by atoms with van der Waals surface area (Å²) in [5, 5.41) is 3.43. The maximum absolute atomic E-state index is 3.43. The Labute approximate surface area is 81.0 Å². The van der Waals surface area contributed by atoms with E-state index in [4.69, 9.17) is 0 Å². The Kier molecular flexibility index (Phi) is 3.55. The van der Waals surface area contributed by atoms with E-state index in [0.29, 0.717) is 0 Å². The van der Waals surface area contributed by atoms with Gasteiger partial charge in [0.15, 0.2) is 0 Å². The van der Waals surface area contributed by atoms with Gasteiger partial charge in [-0.25, -0.2) is 0 Å². The predicted octanol–water partition coefficient (Wildman–Crippen LogP) is 2.08. The predicted molar refractivity (Wildman–Crippen MR) is 56.7 cm³/mol. The van der Waals surface area contributed by atoms with E-state index in [9.17, 15) is 0 Å². The van der Waals surface area contributed by atoms with Crippen molar-refractivity contribution in [2.75, 3.05) is 6.54 Å². The van der Waals surface area contributed by atoms with E-state index in [2.05, 4.69) is 49.8 Å². The molecule has 0 atom stereocenters. The lowest BCUT2D eigenvalue weighted by Crippen LogP contribution is -2.20. The van der Waals surface area contributed by atoms with Crippen molar-refractivity contribution in [2.24, 2.45) is 13.0 Å². The van der Waals surface area contributed by atoms with Crippen molar-refractivity contribution in [3.05, 3.63) is 23.5 Å². The second-order valence-corrected chi connectivity index (χ2v) is 4.05. The van der Waals surface area contributed by atoms with Gasteiger partial charge in [0.2, 0.25) is 0 Å². The SMILES string of the molecule is Cc1ccc(CNCC(C)C)n1C. The van der Waals surface area contributed by atoms with Gasteiger partial charge in [-0.2, -0.15) is 0 Å². The third kappa shape index (κ3) is 2.88. The molecule has 2 heteroatoms. The fourth-order valence-electron chi connectivity index (χ4n) is 1.33. The molecule has 1 aromatic heterocycles. The molecule has 0 radical (unpaired) electrons. The van der Waals surface area contributed by atoms with Crippen LogP contribution in [0.25, 0.3) is 0 Å². The van der Waals surface area contributed by atoms with Gasteiger partial charge in [0, 0.05) is 25.0 Å². The Bertz CT molecular complexity index is 261. The van der Waals surface area contributed by atoms with Crippen LogP contribution in [0.5, 0.6) is 0 Å². The van der Waals surface area contributed by atoms with E-state index in [1.54, 1.807) is 0 Å². The Morgan fingerprint density at radius 2 is 2.08 bits per heavy atom. The average molecular weight is 180 g/mol. The zero-order chi connectivity index (χ0) is 9.84.